The first-order valence-electron chi connectivity index (χ1n) is 9.29. The Kier molecular flexibility index (Phi) is 4.13. The number of rotatable bonds is 3. The number of benzene rings is 1. The summed E-state index contributed by atoms with van der Waals surface area (Å²) in [6.07, 6.45) is 2.24. The predicted molar refractivity (Wildman–Crippen MR) is 106 cm³/mol. The molecule has 0 atom stereocenters. The fraction of sp³-hybridized carbons (Fsp3) is 0.300. The average Bonchev–Trinajstić information content (AvgIpc) is 3.36. The van der Waals surface area contributed by atoms with Gasteiger partial charge in [-0.2, -0.15) is 0 Å². The third-order valence-electron chi connectivity index (χ3n) is 5.06. The second-order valence-corrected chi connectivity index (χ2v) is 8.15. The van der Waals surface area contributed by atoms with Gasteiger partial charge >= 0.3 is 0 Å². The number of hydrogen-bond acceptors (Lipinski definition) is 7. The summed E-state index contributed by atoms with van der Waals surface area (Å²) in [7, 11) is 0. The van der Waals surface area contributed by atoms with E-state index >= 15 is 0 Å². The van der Waals surface area contributed by atoms with Crippen molar-refractivity contribution in [1.29, 1.82) is 0 Å². The second kappa shape index (κ2) is 6.70. The molecule has 1 fully saturated rings. The van der Waals surface area contributed by atoms with Gasteiger partial charge in [-0.1, -0.05) is 0 Å². The molecule has 29 heavy (non-hydrogen) atoms. The standard InChI is InChI=1S/C20H18N4O4S/c1-9-15-10(2)21-17(11-3-4-11)22-20(15)29-16(9)19(26)24-23-18(25)12-5-6-13-14(7-12)28-8-27-13/h5-7,11H,3-4,8H2,1-2H3,(H,23,25)(H,24,26). The highest BCUT2D eigenvalue weighted by Crippen LogP contribution is 2.40. The van der Waals surface area contributed by atoms with E-state index in [1.807, 2.05) is 13.8 Å². The molecule has 2 aromatic heterocycles. The number of amides is 2. The maximum absolute atomic E-state index is 12.7. The van der Waals surface area contributed by atoms with Gasteiger partial charge in [-0.15, -0.1) is 11.3 Å². The topological polar surface area (TPSA) is 102 Å². The molecule has 0 spiro atoms. The van der Waals surface area contributed by atoms with Gasteiger partial charge in [-0.05, 0) is 50.5 Å². The van der Waals surface area contributed by atoms with Crippen LogP contribution in [-0.4, -0.2) is 28.6 Å². The number of fused-ring (bicyclic) bond motifs is 2. The van der Waals surface area contributed by atoms with Crippen LogP contribution in [0.15, 0.2) is 18.2 Å². The van der Waals surface area contributed by atoms with Crippen molar-refractivity contribution < 1.29 is 19.1 Å². The molecule has 3 heterocycles. The van der Waals surface area contributed by atoms with Gasteiger partial charge < -0.3 is 9.47 Å². The molecule has 5 rings (SSSR count). The van der Waals surface area contributed by atoms with E-state index in [0.717, 1.165) is 40.1 Å². The number of carbonyl (C=O) groups is 2. The Labute approximate surface area is 170 Å². The number of aromatic nitrogens is 2. The summed E-state index contributed by atoms with van der Waals surface area (Å²) in [5, 5.41) is 0.909. The lowest BCUT2D eigenvalue weighted by Crippen LogP contribution is -2.41. The molecule has 1 saturated carbocycles. The molecule has 8 nitrogen and oxygen atoms in total. The minimum absolute atomic E-state index is 0.132. The molecular formula is C20H18N4O4S. The molecule has 148 valence electrons. The number of nitrogens with zero attached hydrogens (tertiary/aromatic N) is 2. The molecule has 0 radical (unpaired) electrons. The van der Waals surface area contributed by atoms with E-state index in [4.69, 9.17) is 9.47 Å². The van der Waals surface area contributed by atoms with E-state index in [0.29, 0.717) is 27.9 Å². The van der Waals surface area contributed by atoms with Crippen LogP contribution in [0.1, 0.15) is 55.9 Å². The minimum atomic E-state index is -0.442. The van der Waals surface area contributed by atoms with Crippen LogP contribution >= 0.6 is 11.3 Å². The summed E-state index contributed by atoms with van der Waals surface area (Å²) in [4.78, 5) is 35.7. The second-order valence-electron chi connectivity index (χ2n) is 7.15. The monoisotopic (exact) mass is 410 g/mol. The van der Waals surface area contributed by atoms with Gasteiger partial charge in [-0.25, -0.2) is 9.97 Å². The molecule has 2 N–H and O–H groups in total. The molecular weight excluding hydrogens is 392 g/mol. The SMILES string of the molecule is Cc1nc(C2CC2)nc2sc(C(=O)NNC(=O)c3ccc4c(c3)OCO4)c(C)c12. The lowest BCUT2D eigenvalue weighted by molar-refractivity contribution is 0.0848. The van der Waals surface area contributed by atoms with E-state index < -0.39 is 5.91 Å². The largest absolute Gasteiger partial charge is 0.454 e. The molecule has 0 unspecified atom stereocenters. The summed E-state index contributed by atoms with van der Waals surface area (Å²) < 4.78 is 10.5. The minimum Gasteiger partial charge on any atom is -0.454 e. The lowest BCUT2D eigenvalue weighted by Gasteiger charge is -2.07. The Balaban J connectivity index is 1.34. The van der Waals surface area contributed by atoms with E-state index in [-0.39, 0.29) is 12.7 Å². The summed E-state index contributed by atoms with van der Waals surface area (Å²) in [6, 6.07) is 4.85. The number of thiophene rings is 1. The smallest absolute Gasteiger partial charge is 0.280 e. The quantitative estimate of drug-likeness (QED) is 0.644. The van der Waals surface area contributed by atoms with Crippen molar-refractivity contribution in [1.82, 2.24) is 20.8 Å². The fourth-order valence-corrected chi connectivity index (χ4v) is 4.52. The van der Waals surface area contributed by atoms with Crippen LogP contribution in [0.4, 0.5) is 0 Å². The van der Waals surface area contributed by atoms with Gasteiger partial charge in [0.15, 0.2) is 11.5 Å². The molecule has 9 heteroatoms. The zero-order valence-corrected chi connectivity index (χ0v) is 16.7. The van der Waals surface area contributed by atoms with E-state index in [9.17, 15) is 9.59 Å². The highest BCUT2D eigenvalue weighted by Gasteiger charge is 2.28. The van der Waals surface area contributed by atoms with E-state index in [2.05, 4.69) is 20.8 Å². The van der Waals surface area contributed by atoms with Crippen molar-refractivity contribution in [3.8, 4) is 11.5 Å². The Morgan fingerprint density at radius 1 is 1.07 bits per heavy atom. The van der Waals surface area contributed by atoms with Gasteiger partial charge in [0, 0.05) is 16.9 Å². The molecule has 1 aliphatic heterocycles. The van der Waals surface area contributed by atoms with Gasteiger partial charge in [0.25, 0.3) is 11.8 Å². The van der Waals surface area contributed by atoms with E-state index in [1.54, 1.807) is 18.2 Å². The van der Waals surface area contributed by atoms with Crippen molar-refractivity contribution in [2.75, 3.05) is 6.79 Å². The zero-order valence-electron chi connectivity index (χ0n) is 15.9. The van der Waals surface area contributed by atoms with Crippen LogP contribution in [0.2, 0.25) is 0 Å². The summed E-state index contributed by atoms with van der Waals surface area (Å²) in [5.41, 5.74) is 7.00. The van der Waals surface area contributed by atoms with E-state index in [1.165, 1.54) is 11.3 Å². The Morgan fingerprint density at radius 2 is 1.83 bits per heavy atom. The van der Waals surface area contributed by atoms with Crippen LogP contribution in [0, 0.1) is 13.8 Å². The van der Waals surface area contributed by atoms with Gasteiger partial charge in [0.2, 0.25) is 6.79 Å². The highest BCUT2D eigenvalue weighted by atomic mass is 32.1. The summed E-state index contributed by atoms with van der Waals surface area (Å²) in [5.74, 6) is 1.57. The number of aryl methyl sites for hydroxylation is 2. The number of hydrazine groups is 1. The van der Waals surface area contributed by atoms with Crippen LogP contribution < -0.4 is 20.3 Å². The molecule has 1 aromatic carbocycles. The highest BCUT2D eigenvalue weighted by molar-refractivity contribution is 7.20. The van der Waals surface area contributed by atoms with Crippen LogP contribution in [0.5, 0.6) is 11.5 Å². The number of ether oxygens (including phenoxy) is 2. The van der Waals surface area contributed by atoms with Crippen molar-refractivity contribution in [3.05, 3.63) is 45.7 Å². The summed E-state index contributed by atoms with van der Waals surface area (Å²) >= 11 is 1.32. The lowest BCUT2D eigenvalue weighted by atomic mass is 10.1. The third-order valence-corrected chi connectivity index (χ3v) is 6.25. The maximum atomic E-state index is 12.7. The number of nitrogens with one attached hydrogen (secondary N) is 2. The molecule has 3 aromatic rings. The molecule has 2 aliphatic rings. The van der Waals surface area contributed by atoms with Gasteiger partial charge in [-0.3, -0.25) is 20.4 Å². The average molecular weight is 410 g/mol. The maximum Gasteiger partial charge on any atom is 0.280 e. The van der Waals surface area contributed by atoms with Crippen molar-refractivity contribution >= 4 is 33.4 Å². The Morgan fingerprint density at radius 3 is 2.62 bits per heavy atom. The summed E-state index contributed by atoms with van der Waals surface area (Å²) in [6.45, 7) is 3.95. The first-order chi connectivity index (χ1) is 14.0. The zero-order chi connectivity index (χ0) is 20.1. The fourth-order valence-electron chi connectivity index (χ4n) is 3.38. The van der Waals surface area contributed by atoms with Crippen molar-refractivity contribution in [2.24, 2.45) is 0 Å². The number of hydrogen-bond donors (Lipinski definition) is 2. The van der Waals surface area contributed by atoms with Gasteiger partial charge in [0.05, 0.1) is 10.6 Å². The van der Waals surface area contributed by atoms with Crippen molar-refractivity contribution in [2.45, 2.75) is 32.6 Å². The van der Waals surface area contributed by atoms with Crippen LogP contribution in [0.25, 0.3) is 10.2 Å². The first-order valence-corrected chi connectivity index (χ1v) is 10.1. The molecule has 2 amide bonds. The molecule has 0 bridgehead atoms. The predicted octanol–water partition coefficient (Wildman–Crippen LogP) is 2.99. The molecule has 1 aliphatic carbocycles. The first kappa shape index (κ1) is 17.9. The third kappa shape index (κ3) is 3.17. The van der Waals surface area contributed by atoms with Crippen molar-refractivity contribution in [3.63, 3.8) is 0 Å². The Bertz CT molecular complexity index is 1170. The molecule has 0 saturated heterocycles. The Hall–Kier alpha value is -3.20. The van der Waals surface area contributed by atoms with Crippen LogP contribution in [-0.2, 0) is 0 Å². The number of carbonyl (C=O) groups excluding carboxylic acids is 2. The normalized spacial score (nSPS) is 14.8. The van der Waals surface area contributed by atoms with Gasteiger partial charge in [0.1, 0.15) is 10.7 Å². The van der Waals surface area contributed by atoms with Crippen LogP contribution in [0.3, 0.4) is 0 Å².